The Morgan fingerprint density at radius 2 is 1.95 bits per heavy atom. The number of aliphatic hydroxyl groups is 1. The zero-order chi connectivity index (χ0) is 15.3. The van der Waals surface area contributed by atoms with Crippen LogP contribution in [0, 0.1) is 19.8 Å². The highest BCUT2D eigenvalue weighted by molar-refractivity contribution is 5.95. The van der Waals surface area contributed by atoms with Gasteiger partial charge in [-0.15, -0.1) is 0 Å². The molecule has 1 aromatic rings. The minimum atomic E-state index is -0.584. The van der Waals surface area contributed by atoms with Crippen molar-refractivity contribution in [3.63, 3.8) is 0 Å². The standard InChI is InChI=1S/C15H24N2O3/c1-5-11(6-2)12(18)8-16-14(19)13-9(3)7-10(4)17-15(13)20/h7,11-12,18H,5-6,8H2,1-4H3,(H,16,19)(H,17,20). The first kappa shape index (κ1) is 16.4. The number of aryl methyl sites for hydroxylation is 2. The van der Waals surface area contributed by atoms with Crippen molar-refractivity contribution in [2.75, 3.05) is 6.54 Å². The van der Waals surface area contributed by atoms with E-state index in [4.69, 9.17) is 0 Å². The number of rotatable bonds is 6. The summed E-state index contributed by atoms with van der Waals surface area (Å²) in [5.74, 6) is -0.276. The summed E-state index contributed by atoms with van der Waals surface area (Å²) in [6.07, 6.45) is 1.13. The van der Waals surface area contributed by atoms with Gasteiger partial charge in [-0.2, -0.15) is 0 Å². The SMILES string of the molecule is CCC(CC)C(O)CNC(=O)c1c(C)cc(C)[nH]c1=O. The van der Waals surface area contributed by atoms with Crippen molar-refractivity contribution < 1.29 is 9.90 Å². The number of H-pyrrole nitrogens is 1. The summed E-state index contributed by atoms with van der Waals surface area (Å²) in [7, 11) is 0. The molecule has 1 unspecified atom stereocenters. The van der Waals surface area contributed by atoms with Crippen LogP contribution >= 0.6 is 0 Å². The summed E-state index contributed by atoms with van der Waals surface area (Å²) >= 11 is 0. The summed E-state index contributed by atoms with van der Waals surface area (Å²) in [6.45, 7) is 7.68. The molecule has 0 aliphatic heterocycles. The van der Waals surface area contributed by atoms with Crippen molar-refractivity contribution in [1.29, 1.82) is 0 Å². The third-order valence-electron chi connectivity index (χ3n) is 3.66. The number of pyridine rings is 1. The molecule has 1 atom stereocenters. The van der Waals surface area contributed by atoms with Crippen LogP contribution in [0.1, 0.15) is 48.3 Å². The minimum Gasteiger partial charge on any atom is -0.391 e. The molecule has 112 valence electrons. The van der Waals surface area contributed by atoms with Crippen molar-refractivity contribution in [2.24, 2.45) is 5.92 Å². The lowest BCUT2D eigenvalue weighted by molar-refractivity contribution is 0.0815. The molecule has 0 aliphatic rings. The van der Waals surface area contributed by atoms with Gasteiger partial charge in [-0.05, 0) is 31.4 Å². The molecule has 0 saturated heterocycles. The lowest BCUT2D eigenvalue weighted by Gasteiger charge is -2.20. The van der Waals surface area contributed by atoms with E-state index < -0.39 is 17.6 Å². The number of carbonyl (C=O) groups excluding carboxylic acids is 1. The lowest BCUT2D eigenvalue weighted by atomic mass is 9.96. The van der Waals surface area contributed by atoms with E-state index in [9.17, 15) is 14.7 Å². The molecule has 0 fully saturated rings. The predicted molar refractivity (Wildman–Crippen MR) is 78.9 cm³/mol. The molecule has 1 amide bonds. The monoisotopic (exact) mass is 280 g/mol. The van der Waals surface area contributed by atoms with Gasteiger partial charge in [0.25, 0.3) is 11.5 Å². The Kier molecular flexibility index (Phi) is 5.95. The van der Waals surface area contributed by atoms with Gasteiger partial charge in [0.1, 0.15) is 5.56 Å². The number of aromatic nitrogens is 1. The molecule has 1 aromatic heterocycles. The molecule has 0 saturated carbocycles. The minimum absolute atomic E-state index is 0.118. The molecule has 20 heavy (non-hydrogen) atoms. The molecular weight excluding hydrogens is 256 g/mol. The van der Waals surface area contributed by atoms with Crippen LogP contribution in [0.15, 0.2) is 10.9 Å². The normalized spacial score (nSPS) is 12.5. The largest absolute Gasteiger partial charge is 0.391 e. The van der Waals surface area contributed by atoms with Crippen molar-refractivity contribution in [1.82, 2.24) is 10.3 Å². The third-order valence-corrected chi connectivity index (χ3v) is 3.66. The average molecular weight is 280 g/mol. The van der Waals surface area contributed by atoms with Gasteiger partial charge in [-0.3, -0.25) is 9.59 Å². The summed E-state index contributed by atoms with van der Waals surface area (Å²) in [4.78, 5) is 26.5. The smallest absolute Gasteiger partial charge is 0.261 e. The van der Waals surface area contributed by atoms with Crippen molar-refractivity contribution >= 4 is 5.91 Å². The summed E-state index contributed by atoms with van der Waals surface area (Å²) in [5.41, 5.74) is 1.09. The number of amides is 1. The van der Waals surface area contributed by atoms with Crippen LogP contribution in [0.3, 0.4) is 0 Å². The lowest BCUT2D eigenvalue weighted by Crippen LogP contribution is -2.38. The van der Waals surface area contributed by atoms with E-state index in [0.29, 0.717) is 5.56 Å². The van der Waals surface area contributed by atoms with Crippen molar-refractivity contribution in [3.8, 4) is 0 Å². The van der Waals surface area contributed by atoms with E-state index in [0.717, 1.165) is 18.5 Å². The number of aromatic amines is 1. The van der Waals surface area contributed by atoms with Gasteiger partial charge in [-0.1, -0.05) is 26.7 Å². The maximum Gasteiger partial charge on any atom is 0.261 e. The Morgan fingerprint density at radius 1 is 1.35 bits per heavy atom. The number of hydrogen-bond acceptors (Lipinski definition) is 3. The Bertz CT molecular complexity index is 518. The van der Waals surface area contributed by atoms with E-state index in [1.165, 1.54) is 0 Å². The first-order valence-corrected chi connectivity index (χ1v) is 7.07. The highest BCUT2D eigenvalue weighted by Crippen LogP contribution is 2.12. The number of nitrogens with one attached hydrogen (secondary N) is 2. The highest BCUT2D eigenvalue weighted by atomic mass is 16.3. The fraction of sp³-hybridized carbons (Fsp3) is 0.600. The maximum atomic E-state index is 12.1. The molecule has 0 aromatic carbocycles. The molecular formula is C15H24N2O3. The fourth-order valence-corrected chi connectivity index (χ4v) is 2.42. The zero-order valence-corrected chi connectivity index (χ0v) is 12.6. The average Bonchev–Trinajstić information content (AvgIpc) is 2.36. The second-order valence-corrected chi connectivity index (χ2v) is 5.19. The van der Waals surface area contributed by atoms with Gasteiger partial charge < -0.3 is 15.4 Å². The molecule has 5 heteroatoms. The quantitative estimate of drug-likeness (QED) is 0.739. The molecule has 5 nitrogen and oxygen atoms in total. The van der Waals surface area contributed by atoms with Crippen LogP contribution in [0.4, 0.5) is 0 Å². The van der Waals surface area contributed by atoms with Crippen molar-refractivity contribution in [3.05, 3.63) is 33.2 Å². The third kappa shape index (κ3) is 3.93. The second-order valence-electron chi connectivity index (χ2n) is 5.19. The molecule has 0 radical (unpaired) electrons. The Labute approximate surface area is 119 Å². The van der Waals surface area contributed by atoms with E-state index in [2.05, 4.69) is 10.3 Å². The summed E-state index contributed by atoms with van der Waals surface area (Å²) in [6, 6.07) is 1.76. The van der Waals surface area contributed by atoms with E-state index >= 15 is 0 Å². The Balaban J connectivity index is 2.76. The molecule has 1 rings (SSSR count). The molecule has 0 aliphatic carbocycles. The Morgan fingerprint density at radius 3 is 2.45 bits per heavy atom. The first-order chi connectivity index (χ1) is 9.40. The first-order valence-electron chi connectivity index (χ1n) is 7.07. The molecule has 0 spiro atoms. The number of hydrogen-bond donors (Lipinski definition) is 3. The van der Waals surface area contributed by atoms with Gasteiger partial charge >= 0.3 is 0 Å². The topological polar surface area (TPSA) is 82.2 Å². The molecule has 1 heterocycles. The van der Waals surface area contributed by atoms with Crippen LogP contribution < -0.4 is 10.9 Å². The van der Waals surface area contributed by atoms with E-state index in [1.54, 1.807) is 19.9 Å². The van der Waals surface area contributed by atoms with Crippen LogP contribution in [-0.2, 0) is 0 Å². The fourth-order valence-electron chi connectivity index (χ4n) is 2.42. The van der Waals surface area contributed by atoms with E-state index in [-0.39, 0.29) is 18.0 Å². The van der Waals surface area contributed by atoms with Crippen LogP contribution in [0.25, 0.3) is 0 Å². The van der Waals surface area contributed by atoms with Crippen LogP contribution in [0.2, 0.25) is 0 Å². The van der Waals surface area contributed by atoms with Crippen LogP contribution in [0.5, 0.6) is 0 Å². The maximum absolute atomic E-state index is 12.1. The van der Waals surface area contributed by atoms with Gasteiger partial charge in [-0.25, -0.2) is 0 Å². The van der Waals surface area contributed by atoms with Crippen molar-refractivity contribution in [2.45, 2.75) is 46.6 Å². The van der Waals surface area contributed by atoms with Gasteiger partial charge in [0, 0.05) is 12.2 Å². The summed E-state index contributed by atoms with van der Waals surface area (Å²) in [5, 5.41) is 12.6. The summed E-state index contributed by atoms with van der Waals surface area (Å²) < 4.78 is 0. The number of aliphatic hydroxyl groups excluding tert-OH is 1. The van der Waals surface area contributed by atoms with E-state index in [1.807, 2.05) is 13.8 Å². The number of carbonyl (C=O) groups is 1. The highest BCUT2D eigenvalue weighted by Gasteiger charge is 2.19. The molecule has 3 N–H and O–H groups in total. The zero-order valence-electron chi connectivity index (χ0n) is 12.6. The van der Waals surface area contributed by atoms with Gasteiger partial charge in [0.15, 0.2) is 0 Å². The van der Waals surface area contributed by atoms with Gasteiger partial charge in [0.05, 0.1) is 6.10 Å². The second kappa shape index (κ2) is 7.24. The Hall–Kier alpha value is -1.62. The van der Waals surface area contributed by atoms with Crippen LogP contribution in [-0.4, -0.2) is 28.6 Å². The van der Waals surface area contributed by atoms with Gasteiger partial charge in [0.2, 0.25) is 0 Å². The predicted octanol–water partition coefficient (Wildman–Crippen LogP) is 1.52. The molecule has 0 bridgehead atoms.